The van der Waals surface area contributed by atoms with E-state index in [2.05, 4.69) is 10.6 Å². The number of likely N-dealkylation sites (tertiary alicyclic amines) is 1. The summed E-state index contributed by atoms with van der Waals surface area (Å²) >= 11 is 0. The zero-order valence-electron chi connectivity index (χ0n) is 20.2. The first-order chi connectivity index (χ1) is 15.9. The minimum Gasteiger partial charge on any atom is -0.508 e. The highest BCUT2D eigenvalue weighted by Gasteiger charge is 2.39. The number of aliphatic carboxylic acids is 1. The molecule has 0 radical (unpaired) electrons. The van der Waals surface area contributed by atoms with Crippen molar-refractivity contribution < 1.29 is 29.4 Å². The molecule has 34 heavy (non-hydrogen) atoms. The predicted octanol–water partition coefficient (Wildman–Crippen LogP) is 0.619. The molecule has 3 amide bonds. The summed E-state index contributed by atoms with van der Waals surface area (Å²) in [6, 6.07) is 2.39. The van der Waals surface area contributed by atoms with Gasteiger partial charge in [-0.1, -0.05) is 39.8 Å². The van der Waals surface area contributed by atoms with Gasteiger partial charge in [0.05, 0.1) is 6.04 Å². The molecule has 1 aromatic rings. The second-order valence-electron chi connectivity index (χ2n) is 9.46. The maximum absolute atomic E-state index is 13.0. The molecular formula is C24H36N4O6. The summed E-state index contributed by atoms with van der Waals surface area (Å²) in [7, 11) is 0. The molecule has 188 valence electrons. The molecule has 0 unspecified atom stereocenters. The minimum atomic E-state index is -1.22. The molecule has 0 spiro atoms. The highest BCUT2D eigenvalue weighted by molar-refractivity contribution is 5.94. The maximum Gasteiger partial charge on any atom is 0.326 e. The number of carbonyl (C=O) groups excluding carboxylic acids is 3. The van der Waals surface area contributed by atoms with Crippen LogP contribution in [0.3, 0.4) is 0 Å². The molecule has 0 saturated carbocycles. The number of nitrogens with two attached hydrogens (primary N) is 1. The Morgan fingerprint density at radius 3 is 2.21 bits per heavy atom. The van der Waals surface area contributed by atoms with E-state index in [1.54, 1.807) is 26.0 Å². The van der Waals surface area contributed by atoms with E-state index in [9.17, 15) is 29.4 Å². The Kier molecular flexibility index (Phi) is 9.43. The van der Waals surface area contributed by atoms with Crippen molar-refractivity contribution in [2.24, 2.45) is 17.6 Å². The highest BCUT2D eigenvalue weighted by Crippen LogP contribution is 2.20. The van der Waals surface area contributed by atoms with Crippen LogP contribution in [0.4, 0.5) is 0 Å². The summed E-state index contributed by atoms with van der Waals surface area (Å²) in [6.45, 7) is 7.58. The molecule has 10 heteroatoms. The van der Waals surface area contributed by atoms with E-state index in [0.717, 1.165) is 0 Å². The summed E-state index contributed by atoms with van der Waals surface area (Å²) < 4.78 is 0. The molecule has 0 aromatic heterocycles. The Bertz CT molecular complexity index is 886. The van der Waals surface area contributed by atoms with Gasteiger partial charge in [-0.2, -0.15) is 0 Å². The topological polar surface area (TPSA) is 162 Å². The van der Waals surface area contributed by atoms with E-state index in [1.807, 2.05) is 13.8 Å². The molecule has 1 heterocycles. The lowest BCUT2D eigenvalue weighted by atomic mass is 10.0. The van der Waals surface area contributed by atoms with Gasteiger partial charge in [-0.3, -0.25) is 14.4 Å². The Hall–Kier alpha value is -3.14. The first-order valence-electron chi connectivity index (χ1n) is 11.6. The summed E-state index contributed by atoms with van der Waals surface area (Å²) in [5.74, 6) is -2.94. The monoisotopic (exact) mass is 476 g/mol. The van der Waals surface area contributed by atoms with E-state index < -0.39 is 42.0 Å². The van der Waals surface area contributed by atoms with E-state index in [4.69, 9.17) is 5.73 Å². The van der Waals surface area contributed by atoms with E-state index in [1.165, 1.54) is 17.0 Å². The molecule has 4 atom stereocenters. The molecule has 1 saturated heterocycles. The van der Waals surface area contributed by atoms with Crippen molar-refractivity contribution in [3.05, 3.63) is 29.8 Å². The van der Waals surface area contributed by atoms with Gasteiger partial charge in [-0.15, -0.1) is 0 Å². The number of rotatable bonds is 10. The van der Waals surface area contributed by atoms with E-state index >= 15 is 0 Å². The third-order valence-corrected chi connectivity index (χ3v) is 6.08. The van der Waals surface area contributed by atoms with Crippen molar-refractivity contribution in [3.63, 3.8) is 0 Å². The fraction of sp³-hybridized carbons (Fsp3) is 0.583. The van der Waals surface area contributed by atoms with Crippen LogP contribution in [0.15, 0.2) is 24.3 Å². The number of amides is 3. The molecule has 0 aliphatic carbocycles. The third kappa shape index (κ3) is 6.93. The molecule has 10 nitrogen and oxygen atoms in total. The van der Waals surface area contributed by atoms with E-state index in [-0.39, 0.29) is 29.9 Å². The Labute approximate surface area is 199 Å². The van der Waals surface area contributed by atoms with Gasteiger partial charge in [-0.25, -0.2) is 4.79 Å². The maximum atomic E-state index is 13.0. The number of aromatic hydroxyl groups is 1. The lowest BCUT2D eigenvalue weighted by Gasteiger charge is -2.30. The normalized spacial score (nSPS) is 18.4. The average molecular weight is 477 g/mol. The van der Waals surface area contributed by atoms with Crippen LogP contribution in [-0.4, -0.2) is 69.5 Å². The zero-order chi connectivity index (χ0) is 25.6. The lowest BCUT2D eigenvalue weighted by Crippen LogP contribution is -2.58. The second-order valence-corrected chi connectivity index (χ2v) is 9.46. The Balaban J connectivity index is 2.09. The number of nitrogens with zero attached hydrogens (tertiary/aromatic N) is 1. The molecule has 1 fully saturated rings. The summed E-state index contributed by atoms with van der Waals surface area (Å²) in [6.07, 6.45) is 1.13. The number of hydrogen-bond donors (Lipinski definition) is 5. The van der Waals surface area contributed by atoms with Crippen LogP contribution in [0.5, 0.6) is 5.75 Å². The zero-order valence-corrected chi connectivity index (χ0v) is 20.2. The van der Waals surface area contributed by atoms with Crippen LogP contribution in [0.1, 0.15) is 46.1 Å². The first kappa shape index (κ1) is 27.1. The van der Waals surface area contributed by atoms with Gasteiger partial charge in [0.1, 0.15) is 23.9 Å². The van der Waals surface area contributed by atoms with Gasteiger partial charge in [0, 0.05) is 13.0 Å². The number of nitrogens with one attached hydrogen (secondary N) is 2. The van der Waals surface area contributed by atoms with Crippen molar-refractivity contribution in [2.45, 2.75) is 71.1 Å². The van der Waals surface area contributed by atoms with Crippen LogP contribution in [-0.2, 0) is 25.6 Å². The van der Waals surface area contributed by atoms with Gasteiger partial charge >= 0.3 is 5.97 Å². The van der Waals surface area contributed by atoms with Crippen LogP contribution in [0, 0.1) is 11.8 Å². The van der Waals surface area contributed by atoms with Gasteiger partial charge in [-0.05, 0) is 42.4 Å². The largest absolute Gasteiger partial charge is 0.508 e. The molecule has 1 aliphatic heterocycles. The van der Waals surface area contributed by atoms with Crippen LogP contribution >= 0.6 is 0 Å². The van der Waals surface area contributed by atoms with Crippen molar-refractivity contribution >= 4 is 23.7 Å². The fourth-order valence-corrected chi connectivity index (χ4v) is 3.89. The number of carboxylic acid groups (broad SMARTS) is 1. The van der Waals surface area contributed by atoms with Crippen molar-refractivity contribution in [3.8, 4) is 5.75 Å². The average Bonchev–Trinajstić information content (AvgIpc) is 3.26. The first-order valence-corrected chi connectivity index (χ1v) is 11.6. The highest BCUT2D eigenvalue weighted by atomic mass is 16.4. The molecule has 1 aliphatic rings. The SMILES string of the molecule is CC(C)[C@H](N)C(=O)N1CCC[C@H]1C(=O)N[C@H](C(=O)N[C@@H](Cc1ccc(O)cc1)C(=O)O)C(C)C. The van der Waals surface area contributed by atoms with Crippen LogP contribution in [0.2, 0.25) is 0 Å². The van der Waals surface area contributed by atoms with Crippen LogP contribution < -0.4 is 16.4 Å². The predicted molar refractivity (Wildman–Crippen MR) is 126 cm³/mol. The van der Waals surface area contributed by atoms with Gasteiger partial charge in [0.15, 0.2) is 0 Å². The summed E-state index contributed by atoms with van der Waals surface area (Å²) in [5.41, 5.74) is 6.62. The molecule has 6 N–H and O–H groups in total. The van der Waals surface area contributed by atoms with Crippen molar-refractivity contribution in [1.29, 1.82) is 0 Å². The Morgan fingerprint density at radius 1 is 1.06 bits per heavy atom. The van der Waals surface area contributed by atoms with Gasteiger partial charge < -0.3 is 31.5 Å². The number of phenolic OH excluding ortho intramolecular Hbond substituents is 1. The molecule has 2 rings (SSSR count). The van der Waals surface area contributed by atoms with Crippen molar-refractivity contribution in [1.82, 2.24) is 15.5 Å². The quantitative estimate of drug-likeness (QED) is 0.330. The summed E-state index contributed by atoms with van der Waals surface area (Å²) in [4.78, 5) is 52.0. The minimum absolute atomic E-state index is 0.0120. The molecular weight excluding hydrogens is 440 g/mol. The Morgan fingerprint density at radius 2 is 1.68 bits per heavy atom. The van der Waals surface area contributed by atoms with Crippen LogP contribution in [0.25, 0.3) is 0 Å². The second kappa shape index (κ2) is 11.8. The van der Waals surface area contributed by atoms with E-state index in [0.29, 0.717) is 24.9 Å². The molecule has 1 aromatic carbocycles. The smallest absolute Gasteiger partial charge is 0.326 e. The van der Waals surface area contributed by atoms with Gasteiger partial charge in [0.2, 0.25) is 17.7 Å². The fourth-order valence-electron chi connectivity index (χ4n) is 3.89. The standard InChI is InChI=1S/C24H36N4O6/c1-13(2)19(25)23(32)28-11-5-6-18(28)21(30)27-20(14(3)4)22(31)26-17(24(33)34)12-15-7-9-16(29)10-8-15/h7-10,13-14,17-20,29H,5-6,11-12,25H2,1-4H3,(H,26,31)(H,27,30)(H,33,34)/t17-,18-,19-,20-/m0/s1. The number of carboxylic acids is 1. The number of carbonyl (C=O) groups is 4. The number of benzene rings is 1. The summed E-state index contributed by atoms with van der Waals surface area (Å²) in [5, 5.41) is 24.2. The molecule has 0 bridgehead atoms. The van der Waals surface area contributed by atoms with Gasteiger partial charge in [0.25, 0.3) is 0 Å². The third-order valence-electron chi connectivity index (χ3n) is 6.08. The lowest BCUT2D eigenvalue weighted by molar-refractivity contribution is -0.143. The number of hydrogen-bond acceptors (Lipinski definition) is 6. The number of phenols is 1. The van der Waals surface area contributed by atoms with Crippen molar-refractivity contribution in [2.75, 3.05) is 6.54 Å².